The molecule has 0 unspecified atom stereocenters. The number of morpholine rings is 1. The first kappa shape index (κ1) is 34.6. The van der Waals surface area contributed by atoms with E-state index in [0.29, 0.717) is 44.4 Å². The number of benzene rings is 1. The van der Waals surface area contributed by atoms with Gasteiger partial charge in [-0.25, -0.2) is 9.78 Å². The quantitative estimate of drug-likeness (QED) is 0.126. The van der Waals surface area contributed by atoms with Crippen molar-refractivity contribution in [1.29, 1.82) is 0 Å². The monoisotopic (exact) mass is 685 g/mol. The number of fused-ring (bicyclic) bond motifs is 1. The first-order valence-electron chi connectivity index (χ1n) is 17.1. The average molecular weight is 686 g/mol. The Hall–Kier alpha value is -4.30. The third kappa shape index (κ3) is 9.04. The summed E-state index contributed by atoms with van der Waals surface area (Å²) < 4.78 is 14.1. The summed E-state index contributed by atoms with van der Waals surface area (Å²) in [6.07, 6.45) is 4.26. The van der Waals surface area contributed by atoms with Crippen LogP contribution in [0.25, 0.3) is 22.2 Å². The lowest BCUT2D eigenvalue weighted by Crippen LogP contribution is -2.46. The number of ether oxygens (including phenoxy) is 2. The second kappa shape index (κ2) is 15.5. The van der Waals surface area contributed by atoms with Gasteiger partial charge < -0.3 is 34.7 Å². The maximum absolute atomic E-state index is 13.3. The Balaban J connectivity index is 1.17. The van der Waals surface area contributed by atoms with Gasteiger partial charge in [0.25, 0.3) is 5.91 Å². The number of piperidine rings is 1. The molecule has 13 heteroatoms. The molecular weight excluding hydrogens is 639 g/mol. The zero-order valence-electron chi connectivity index (χ0n) is 28.7. The van der Waals surface area contributed by atoms with Crippen LogP contribution in [0.5, 0.6) is 0 Å². The highest BCUT2D eigenvalue weighted by Gasteiger charge is 2.23. The molecule has 49 heavy (non-hydrogen) atoms. The number of hydrogen-bond acceptors (Lipinski definition) is 8. The predicted molar refractivity (Wildman–Crippen MR) is 194 cm³/mol. The molecular formula is C36H47N7O5Si. The molecule has 4 aromatic rings. The van der Waals surface area contributed by atoms with Gasteiger partial charge in [-0.05, 0) is 73.0 Å². The van der Waals surface area contributed by atoms with E-state index < -0.39 is 14.2 Å². The van der Waals surface area contributed by atoms with Crippen LogP contribution < -0.4 is 15.5 Å². The molecule has 2 aliphatic rings. The van der Waals surface area contributed by atoms with E-state index in [4.69, 9.17) is 19.6 Å². The van der Waals surface area contributed by atoms with Crippen molar-refractivity contribution in [3.63, 3.8) is 0 Å². The van der Waals surface area contributed by atoms with Crippen molar-refractivity contribution in [2.45, 2.75) is 57.8 Å². The van der Waals surface area contributed by atoms with Crippen molar-refractivity contribution in [3.05, 3.63) is 72.2 Å². The third-order valence-electron chi connectivity index (χ3n) is 9.07. The fraction of sp³-hybridized carbons (Fsp3) is 0.444. The molecule has 1 aromatic carbocycles. The van der Waals surface area contributed by atoms with Crippen molar-refractivity contribution >= 4 is 42.5 Å². The molecule has 3 aromatic heterocycles. The lowest BCUT2D eigenvalue weighted by molar-refractivity contribution is 0.0912. The van der Waals surface area contributed by atoms with Crippen LogP contribution in [-0.4, -0.2) is 96.7 Å². The number of anilines is 2. The molecule has 12 nitrogen and oxygen atoms in total. The van der Waals surface area contributed by atoms with Crippen molar-refractivity contribution in [3.8, 4) is 11.3 Å². The van der Waals surface area contributed by atoms with Crippen molar-refractivity contribution in [2.75, 3.05) is 56.2 Å². The van der Waals surface area contributed by atoms with E-state index in [-0.39, 0.29) is 11.9 Å². The molecule has 5 heterocycles. The lowest BCUT2D eigenvalue weighted by atomic mass is 10.0. The van der Waals surface area contributed by atoms with Gasteiger partial charge in [0.05, 0.1) is 24.4 Å². The molecule has 0 bridgehead atoms. The first-order chi connectivity index (χ1) is 23.6. The summed E-state index contributed by atoms with van der Waals surface area (Å²) in [5.41, 5.74) is 5.06. The third-order valence-corrected chi connectivity index (χ3v) is 10.8. The smallest absolute Gasteiger partial charge is 0.404 e. The van der Waals surface area contributed by atoms with Gasteiger partial charge in [0.15, 0.2) is 0 Å². The second-order valence-electron chi connectivity index (χ2n) is 14.1. The van der Waals surface area contributed by atoms with Crippen LogP contribution in [0.2, 0.25) is 25.7 Å². The number of carbonyl (C=O) groups excluding carboxylic acids is 1. The molecule has 2 aliphatic heterocycles. The number of aromatic nitrogens is 3. The van der Waals surface area contributed by atoms with Crippen LogP contribution in [0, 0.1) is 0 Å². The molecule has 2 saturated heterocycles. The highest BCUT2D eigenvalue weighted by molar-refractivity contribution is 6.76. The molecule has 0 radical (unpaired) electrons. The summed E-state index contributed by atoms with van der Waals surface area (Å²) in [5.74, 6) is 0.670. The van der Waals surface area contributed by atoms with E-state index >= 15 is 0 Å². The highest BCUT2D eigenvalue weighted by Crippen LogP contribution is 2.34. The van der Waals surface area contributed by atoms with Crippen LogP contribution in [-0.2, 0) is 22.7 Å². The number of pyridine rings is 2. The Labute approximate surface area is 288 Å². The summed E-state index contributed by atoms with van der Waals surface area (Å²) in [6, 6.07) is 16.8. The van der Waals surface area contributed by atoms with E-state index in [9.17, 15) is 9.59 Å². The van der Waals surface area contributed by atoms with Crippen LogP contribution in [0.4, 0.5) is 16.3 Å². The Bertz CT molecular complexity index is 1750. The van der Waals surface area contributed by atoms with Gasteiger partial charge in [-0.2, -0.15) is 0 Å². The standard InChI is InChI=1S/C36H47N7O5Si/c1-49(2,3)20-19-48-25-43-32-11-13-38-34(42-15-17-47-18-16-42)30(32)22-33(43)27-6-8-28(9-7-27)39-35(44)31-21-26(10-12-37-31)23-41-14-4-5-29(24-41)40-36(45)46/h6-13,21-22,29,40H,4-5,14-20,23-25H2,1-3H3,(H,39,44)(H,45,46)/t29-/m1/s1. The number of carboxylic acid groups (broad SMARTS) is 1. The number of likely N-dealkylation sites (tertiary alicyclic amines) is 1. The number of rotatable bonds is 12. The van der Waals surface area contributed by atoms with Gasteiger partial charge in [-0.1, -0.05) is 31.8 Å². The summed E-state index contributed by atoms with van der Waals surface area (Å²) >= 11 is 0. The van der Waals surface area contributed by atoms with E-state index in [1.54, 1.807) is 12.3 Å². The van der Waals surface area contributed by atoms with E-state index in [0.717, 1.165) is 78.7 Å². The maximum Gasteiger partial charge on any atom is 0.404 e. The molecule has 1 atom stereocenters. The fourth-order valence-electron chi connectivity index (χ4n) is 6.48. The zero-order valence-corrected chi connectivity index (χ0v) is 29.7. The summed E-state index contributed by atoms with van der Waals surface area (Å²) in [4.78, 5) is 38.0. The Morgan fingerprint density at radius 1 is 1.02 bits per heavy atom. The van der Waals surface area contributed by atoms with Crippen LogP contribution in [0.1, 0.15) is 28.9 Å². The van der Waals surface area contributed by atoms with E-state index in [1.165, 1.54) is 0 Å². The normalized spacial score (nSPS) is 17.3. The van der Waals surface area contributed by atoms with Crippen LogP contribution in [0.3, 0.4) is 0 Å². The first-order valence-corrected chi connectivity index (χ1v) is 20.8. The zero-order chi connectivity index (χ0) is 34.4. The number of hydrogen-bond donors (Lipinski definition) is 3. The number of nitrogens with zero attached hydrogens (tertiary/aromatic N) is 5. The summed E-state index contributed by atoms with van der Waals surface area (Å²) in [6.45, 7) is 13.3. The van der Waals surface area contributed by atoms with Gasteiger partial charge in [0.2, 0.25) is 0 Å². The largest absolute Gasteiger partial charge is 0.465 e. The van der Waals surface area contributed by atoms with Crippen molar-refractivity contribution < 1.29 is 24.2 Å². The molecule has 3 N–H and O–H groups in total. The molecule has 260 valence electrons. The topological polar surface area (TPSA) is 134 Å². The van der Waals surface area contributed by atoms with Gasteiger partial charge in [-0.15, -0.1) is 0 Å². The highest BCUT2D eigenvalue weighted by atomic mass is 28.3. The minimum Gasteiger partial charge on any atom is -0.465 e. The van der Waals surface area contributed by atoms with Crippen LogP contribution >= 0.6 is 0 Å². The predicted octanol–water partition coefficient (Wildman–Crippen LogP) is 5.73. The minimum absolute atomic E-state index is 0.0916. The molecule has 6 rings (SSSR count). The Morgan fingerprint density at radius 3 is 2.55 bits per heavy atom. The van der Waals surface area contributed by atoms with Gasteiger partial charge in [0.1, 0.15) is 18.2 Å². The van der Waals surface area contributed by atoms with Gasteiger partial charge >= 0.3 is 6.09 Å². The van der Waals surface area contributed by atoms with Crippen molar-refractivity contribution in [1.82, 2.24) is 24.8 Å². The molecule has 2 amide bonds. The SMILES string of the molecule is C[Si](C)(C)CCOCn1c(-c2ccc(NC(=O)c3cc(CN4CCC[C@@H](NC(=O)O)C4)ccn3)cc2)cc2c(N3CCOCC3)nccc21. The number of carbonyl (C=O) groups is 2. The molecule has 0 spiro atoms. The molecule has 0 aliphatic carbocycles. The van der Waals surface area contributed by atoms with Gasteiger partial charge in [0, 0.05) is 70.4 Å². The van der Waals surface area contributed by atoms with Crippen LogP contribution in [0.15, 0.2) is 60.9 Å². The fourth-order valence-corrected chi connectivity index (χ4v) is 7.23. The number of nitrogens with one attached hydrogen (secondary N) is 2. The minimum atomic E-state index is -1.23. The van der Waals surface area contributed by atoms with Crippen molar-refractivity contribution in [2.24, 2.45) is 0 Å². The Kier molecular flexibility index (Phi) is 10.9. The van der Waals surface area contributed by atoms with E-state index in [1.807, 2.05) is 36.5 Å². The number of amides is 2. The van der Waals surface area contributed by atoms with Gasteiger partial charge in [-0.3, -0.25) is 14.7 Å². The summed E-state index contributed by atoms with van der Waals surface area (Å²) in [7, 11) is -1.23. The van der Waals surface area contributed by atoms with E-state index in [2.05, 4.69) is 61.8 Å². The Morgan fingerprint density at radius 2 is 1.80 bits per heavy atom. The average Bonchev–Trinajstić information content (AvgIpc) is 3.45. The molecule has 2 fully saturated rings. The maximum atomic E-state index is 13.3. The molecule has 0 saturated carbocycles. The second-order valence-corrected chi connectivity index (χ2v) is 19.7. The summed E-state index contributed by atoms with van der Waals surface area (Å²) in [5, 5.41) is 15.8. The lowest BCUT2D eigenvalue weighted by Gasteiger charge is -2.32.